The SMILES string of the molecule is CC(C)(CN)c1ccc(Cc2ccc(Br)s2)cc1. The third-order valence-corrected chi connectivity index (χ3v) is 4.88. The van der Waals surface area contributed by atoms with Crippen molar-refractivity contribution in [3.63, 3.8) is 0 Å². The fourth-order valence-corrected chi connectivity index (χ4v) is 3.36. The van der Waals surface area contributed by atoms with Gasteiger partial charge in [0, 0.05) is 23.3 Å². The zero-order chi connectivity index (χ0) is 13.2. The lowest BCUT2D eigenvalue weighted by Gasteiger charge is -2.23. The Labute approximate surface area is 121 Å². The first-order valence-electron chi connectivity index (χ1n) is 6.05. The molecule has 0 radical (unpaired) electrons. The van der Waals surface area contributed by atoms with E-state index < -0.39 is 0 Å². The van der Waals surface area contributed by atoms with Crippen LogP contribution in [0.25, 0.3) is 0 Å². The van der Waals surface area contributed by atoms with Gasteiger partial charge in [0.25, 0.3) is 0 Å². The highest BCUT2D eigenvalue weighted by molar-refractivity contribution is 9.11. The van der Waals surface area contributed by atoms with Crippen LogP contribution in [0.2, 0.25) is 0 Å². The fraction of sp³-hybridized carbons (Fsp3) is 0.333. The largest absolute Gasteiger partial charge is 0.330 e. The predicted octanol–water partition coefficient (Wildman–Crippen LogP) is 4.34. The molecule has 1 nitrogen and oxygen atoms in total. The number of halogens is 1. The second kappa shape index (κ2) is 5.55. The first-order valence-corrected chi connectivity index (χ1v) is 7.66. The Morgan fingerprint density at radius 2 is 1.78 bits per heavy atom. The molecule has 0 aliphatic heterocycles. The summed E-state index contributed by atoms with van der Waals surface area (Å²) in [5.74, 6) is 0. The van der Waals surface area contributed by atoms with Gasteiger partial charge >= 0.3 is 0 Å². The van der Waals surface area contributed by atoms with Crippen LogP contribution in [0.15, 0.2) is 40.2 Å². The average molecular weight is 324 g/mol. The zero-order valence-corrected chi connectivity index (χ0v) is 13.1. The van der Waals surface area contributed by atoms with E-state index in [-0.39, 0.29) is 5.41 Å². The molecule has 0 spiro atoms. The van der Waals surface area contributed by atoms with Crippen LogP contribution in [0.4, 0.5) is 0 Å². The summed E-state index contributed by atoms with van der Waals surface area (Å²) < 4.78 is 1.19. The van der Waals surface area contributed by atoms with Crippen LogP contribution in [0.1, 0.15) is 29.9 Å². The van der Waals surface area contributed by atoms with E-state index in [1.165, 1.54) is 19.8 Å². The van der Waals surface area contributed by atoms with E-state index in [1.807, 2.05) is 0 Å². The second-order valence-electron chi connectivity index (χ2n) is 5.17. The molecule has 1 aromatic heterocycles. The van der Waals surface area contributed by atoms with Crippen LogP contribution in [0.3, 0.4) is 0 Å². The molecule has 0 saturated carbocycles. The monoisotopic (exact) mass is 323 g/mol. The Morgan fingerprint density at radius 1 is 1.11 bits per heavy atom. The summed E-state index contributed by atoms with van der Waals surface area (Å²) >= 11 is 5.29. The van der Waals surface area contributed by atoms with Crippen molar-refractivity contribution in [2.24, 2.45) is 5.73 Å². The summed E-state index contributed by atoms with van der Waals surface area (Å²) in [6, 6.07) is 13.1. The summed E-state index contributed by atoms with van der Waals surface area (Å²) in [5.41, 5.74) is 8.51. The Morgan fingerprint density at radius 3 is 2.28 bits per heavy atom. The minimum absolute atomic E-state index is 0.0600. The molecule has 1 aromatic carbocycles. The van der Waals surface area contributed by atoms with Crippen molar-refractivity contribution in [1.29, 1.82) is 0 Å². The molecule has 0 aliphatic carbocycles. The Bertz CT molecular complexity index is 514. The third-order valence-electron chi connectivity index (χ3n) is 3.25. The molecule has 0 bridgehead atoms. The maximum Gasteiger partial charge on any atom is 0.0701 e. The van der Waals surface area contributed by atoms with Crippen LogP contribution in [-0.4, -0.2) is 6.54 Å². The molecule has 0 saturated heterocycles. The average Bonchev–Trinajstić information content (AvgIpc) is 2.75. The van der Waals surface area contributed by atoms with Crippen LogP contribution >= 0.6 is 27.3 Å². The quantitative estimate of drug-likeness (QED) is 0.890. The maximum atomic E-state index is 5.80. The van der Waals surface area contributed by atoms with Crippen LogP contribution in [0, 0.1) is 0 Å². The van der Waals surface area contributed by atoms with Crippen LogP contribution in [-0.2, 0) is 11.8 Å². The van der Waals surface area contributed by atoms with E-state index in [4.69, 9.17) is 5.73 Å². The molecule has 96 valence electrons. The molecule has 0 atom stereocenters. The first kappa shape index (κ1) is 13.8. The number of hydrogen-bond acceptors (Lipinski definition) is 2. The van der Waals surface area contributed by atoms with Gasteiger partial charge in [0.1, 0.15) is 0 Å². The van der Waals surface area contributed by atoms with Gasteiger partial charge in [-0.15, -0.1) is 11.3 Å². The van der Waals surface area contributed by atoms with Crippen LogP contribution in [0.5, 0.6) is 0 Å². The molecule has 2 N–H and O–H groups in total. The predicted molar refractivity (Wildman–Crippen MR) is 83.3 cm³/mol. The van der Waals surface area contributed by atoms with Crippen molar-refractivity contribution < 1.29 is 0 Å². The van der Waals surface area contributed by atoms with E-state index in [0.29, 0.717) is 6.54 Å². The Kier molecular flexibility index (Phi) is 4.25. The maximum absolute atomic E-state index is 5.80. The molecule has 0 unspecified atom stereocenters. The molecule has 2 rings (SSSR count). The molecule has 1 heterocycles. The van der Waals surface area contributed by atoms with Crippen molar-refractivity contribution >= 4 is 27.3 Å². The lowest BCUT2D eigenvalue weighted by molar-refractivity contribution is 0.539. The fourth-order valence-electron chi connectivity index (χ4n) is 1.84. The summed E-state index contributed by atoms with van der Waals surface area (Å²) in [4.78, 5) is 1.38. The molecule has 0 amide bonds. The van der Waals surface area contributed by atoms with Gasteiger partial charge in [-0.1, -0.05) is 38.1 Å². The molecule has 18 heavy (non-hydrogen) atoms. The Balaban J connectivity index is 2.13. The minimum atomic E-state index is 0.0600. The Hall–Kier alpha value is -0.640. The van der Waals surface area contributed by atoms with Crippen molar-refractivity contribution in [3.05, 3.63) is 56.2 Å². The summed E-state index contributed by atoms with van der Waals surface area (Å²) in [5, 5.41) is 0. The second-order valence-corrected chi connectivity index (χ2v) is 7.72. The van der Waals surface area contributed by atoms with Gasteiger partial charge < -0.3 is 5.73 Å². The smallest absolute Gasteiger partial charge is 0.0701 e. The van der Waals surface area contributed by atoms with Gasteiger partial charge in [0.15, 0.2) is 0 Å². The molecule has 0 aliphatic rings. The minimum Gasteiger partial charge on any atom is -0.330 e. The van der Waals surface area contributed by atoms with Gasteiger partial charge in [-0.05, 0) is 39.2 Å². The van der Waals surface area contributed by atoms with E-state index in [9.17, 15) is 0 Å². The highest BCUT2D eigenvalue weighted by atomic mass is 79.9. The topological polar surface area (TPSA) is 26.0 Å². The number of nitrogens with two attached hydrogens (primary N) is 1. The summed E-state index contributed by atoms with van der Waals surface area (Å²) in [6.07, 6.45) is 1.000. The van der Waals surface area contributed by atoms with Gasteiger partial charge in [-0.25, -0.2) is 0 Å². The highest BCUT2D eigenvalue weighted by Crippen LogP contribution is 2.26. The number of thiophene rings is 1. The first-order chi connectivity index (χ1) is 8.51. The van der Waals surface area contributed by atoms with Crippen molar-refractivity contribution in [3.8, 4) is 0 Å². The molecule has 3 heteroatoms. The van der Waals surface area contributed by atoms with E-state index in [2.05, 4.69) is 66.2 Å². The van der Waals surface area contributed by atoms with Crippen LogP contribution < -0.4 is 5.73 Å². The number of benzene rings is 1. The lowest BCUT2D eigenvalue weighted by Crippen LogP contribution is -2.27. The number of hydrogen-bond donors (Lipinski definition) is 1. The molecule has 0 fully saturated rings. The normalized spacial score (nSPS) is 11.8. The molecular weight excluding hydrogens is 306 g/mol. The van der Waals surface area contributed by atoms with Crippen molar-refractivity contribution in [2.45, 2.75) is 25.7 Å². The number of rotatable bonds is 4. The lowest BCUT2D eigenvalue weighted by atomic mass is 9.84. The standard InChI is InChI=1S/C15H18BrNS/c1-15(2,10-17)12-5-3-11(4-6-12)9-13-7-8-14(16)18-13/h3-8H,9-10,17H2,1-2H3. The van der Waals surface area contributed by atoms with Gasteiger partial charge in [-0.3, -0.25) is 0 Å². The van der Waals surface area contributed by atoms with Crippen molar-refractivity contribution in [2.75, 3.05) is 6.54 Å². The third kappa shape index (κ3) is 3.22. The van der Waals surface area contributed by atoms with Crippen molar-refractivity contribution in [1.82, 2.24) is 0 Å². The van der Waals surface area contributed by atoms with Gasteiger partial charge in [0.2, 0.25) is 0 Å². The van der Waals surface area contributed by atoms with E-state index in [1.54, 1.807) is 11.3 Å². The summed E-state index contributed by atoms with van der Waals surface area (Å²) in [7, 11) is 0. The van der Waals surface area contributed by atoms with E-state index in [0.717, 1.165) is 6.42 Å². The van der Waals surface area contributed by atoms with E-state index >= 15 is 0 Å². The molecular formula is C15H18BrNS. The summed E-state index contributed by atoms with van der Waals surface area (Å²) in [6.45, 7) is 5.03. The van der Waals surface area contributed by atoms with Gasteiger partial charge in [-0.2, -0.15) is 0 Å². The highest BCUT2D eigenvalue weighted by Gasteiger charge is 2.17. The molecule has 2 aromatic rings. The zero-order valence-electron chi connectivity index (χ0n) is 10.7. The van der Waals surface area contributed by atoms with Gasteiger partial charge in [0.05, 0.1) is 3.79 Å².